The van der Waals surface area contributed by atoms with Crippen LogP contribution < -0.4 is 5.30 Å². The van der Waals surface area contributed by atoms with Gasteiger partial charge in [-0.1, -0.05) is 85.9 Å². The molecule has 2 nitrogen and oxygen atoms in total. The summed E-state index contributed by atoms with van der Waals surface area (Å²) in [6, 6.07) is 15.0. The van der Waals surface area contributed by atoms with E-state index >= 15 is 0 Å². The van der Waals surface area contributed by atoms with Crippen LogP contribution in [0.3, 0.4) is 0 Å². The Balaban J connectivity index is 1.39. The third-order valence-corrected chi connectivity index (χ3v) is 20.7. The maximum Gasteiger partial charge on any atom is 0.100 e. The summed E-state index contributed by atoms with van der Waals surface area (Å²) < 4.78 is 16.9. The molecule has 51 heavy (non-hydrogen) atoms. The first kappa shape index (κ1) is 36.9. The van der Waals surface area contributed by atoms with Gasteiger partial charge in [0.15, 0.2) is 0 Å². The first-order chi connectivity index (χ1) is 24.1. The lowest BCUT2D eigenvalue weighted by Crippen LogP contribution is -2.58. The lowest BCUT2D eigenvalue weighted by atomic mass is 9.55. The molecule has 280 valence electrons. The van der Waals surface area contributed by atoms with Crippen molar-refractivity contribution in [2.45, 2.75) is 178 Å². The Morgan fingerprint density at radius 1 is 0.647 bits per heavy atom. The smallest absolute Gasteiger partial charge is 0.100 e. The maximum absolute atomic E-state index is 14.9. The van der Waals surface area contributed by atoms with E-state index in [0.29, 0.717) is 28.1 Å². The van der Waals surface area contributed by atoms with Crippen molar-refractivity contribution in [3.8, 4) is 0 Å². The van der Waals surface area contributed by atoms with Crippen LogP contribution in [0.4, 0.5) is 0 Å². The quantitative estimate of drug-likeness (QED) is 0.223. The Morgan fingerprint density at radius 2 is 1.04 bits per heavy atom. The average Bonchev–Trinajstić information content (AvgIpc) is 3.03. The second-order valence-corrected chi connectivity index (χ2v) is 26.4. The van der Waals surface area contributed by atoms with Gasteiger partial charge in [0.2, 0.25) is 0 Å². The SMILES string of the molecule is CC(C)c1cc(C(C)C)c([C@@H](c2ccccc2P(C23CC4CC(CC(C4)C2)C3)C23CC4CC(CC(C4)C2)C3)N(C)[S@](=O)C(C)(C)C)c(C(C)C)c1. The van der Waals surface area contributed by atoms with E-state index in [0.717, 1.165) is 35.5 Å². The Bertz CT molecular complexity index is 1500. The lowest BCUT2D eigenvalue weighted by Gasteiger charge is -2.67. The summed E-state index contributed by atoms with van der Waals surface area (Å²) in [6.07, 6.45) is 18.0. The number of benzene rings is 2. The van der Waals surface area contributed by atoms with Gasteiger partial charge in [0.05, 0.1) is 10.8 Å². The van der Waals surface area contributed by atoms with Gasteiger partial charge in [-0.3, -0.25) is 0 Å². The molecule has 8 fully saturated rings. The zero-order valence-electron chi connectivity index (χ0n) is 33.9. The molecule has 0 N–H and O–H groups in total. The van der Waals surface area contributed by atoms with Gasteiger partial charge in [-0.15, -0.1) is 0 Å². The van der Waals surface area contributed by atoms with Crippen LogP contribution in [0.15, 0.2) is 36.4 Å². The number of hydrogen-bond donors (Lipinski definition) is 0. The Kier molecular flexibility index (Phi) is 9.65. The molecule has 10 rings (SSSR count). The Morgan fingerprint density at radius 3 is 1.39 bits per heavy atom. The molecule has 2 aromatic carbocycles. The monoisotopic (exact) mass is 727 g/mol. The van der Waals surface area contributed by atoms with Crippen molar-refractivity contribution in [1.29, 1.82) is 0 Å². The van der Waals surface area contributed by atoms with E-state index < -0.39 is 18.9 Å². The predicted molar refractivity (Wildman–Crippen MR) is 221 cm³/mol. The maximum atomic E-state index is 14.9. The van der Waals surface area contributed by atoms with Crippen molar-refractivity contribution >= 4 is 24.2 Å². The van der Waals surface area contributed by atoms with Crippen LogP contribution in [0.1, 0.15) is 191 Å². The van der Waals surface area contributed by atoms with E-state index in [1.54, 1.807) is 5.30 Å². The minimum absolute atomic E-state index is 0.0369. The highest BCUT2D eigenvalue weighted by molar-refractivity contribution is 7.84. The molecule has 8 aliphatic carbocycles. The van der Waals surface area contributed by atoms with Gasteiger partial charge in [-0.25, -0.2) is 8.51 Å². The fourth-order valence-corrected chi connectivity index (χ4v) is 20.6. The molecule has 0 radical (unpaired) electrons. The van der Waals surface area contributed by atoms with Gasteiger partial charge < -0.3 is 0 Å². The summed E-state index contributed by atoms with van der Waals surface area (Å²) in [4.78, 5) is 0. The summed E-state index contributed by atoms with van der Waals surface area (Å²) in [5, 5.41) is 2.71. The van der Waals surface area contributed by atoms with E-state index in [-0.39, 0.29) is 10.8 Å². The Labute approximate surface area is 316 Å². The van der Waals surface area contributed by atoms with E-state index in [4.69, 9.17) is 0 Å². The summed E-state index contributed by atoms with van der Waals surface area (Å²) in [7, 11) is 0.630. The standard InChI is InChI=1S/C47H70NOPS/c1-29(2)38-21-40(30(3)4)43(41(22-38)31(5)6)44(48(10)51(49)45(7,8)9)39-13-11-12-14-42(39)50(46-23-32-15-33(24-46)17-34(16-32)25-46)47-26-35-18-36(27-47)20-37(19-35)28-47/h11-14,21-22,29-37,44H,15-20,23-28H2,1-10H3/t32?,33?,34?,35?,36?,37?,44-,46?,47?,50?,51-/m1/s1. The van der Waals surface area contributed by atoms with Crippen molar-refractivity contribution in [2.75, 3.05) is 7.05 Å². The predicted octanol–water partition coefficient (Wildman–Crippen LogP) is 12.6. The summed E-state index contributed by atoms with van der Waals surface area (Å²) >= 11 is 0. The topological polar surface area (TPSA) is 20.3 Å². The molecule has 4 heteroatoms. The summed E-state index contributed by atoms with van der Waals surface area (Å²) in [5.74, 6) is 6.98. The number of nitrogens with zero attached hydrogens (tertiary/aromatic N) is 1. The minimum atomic E-state index is -1.17. The fourth-order valence-electron chi connectivity index (χ4n) is 14.0. The lowest BCUT2D eigenvalue weighted by molar-refractivity contribution is 0.0195. The van der Waals surface area contributed by atoms with Gasteiger partial charge in [0.1, 0.15) is 11.0 Å². The highest BCUT2D eigenvalue weighted by Crippen LogP contribution is 2.78. The van der Waals surface area contributed by atoms with Gasteiger partial charge in [0, 0.05) is 7.05 Å². The number of rotatable bonds is 10. The van der Waals surface area contributed by atoms with Crippen LogP contribution in [0.5, 0.6) is 0 Å². The molecule has 0 aromatic heterocycles. The van der Waals surface area contributed by atoms with E-state index in [1.165, 1.54) is 105 Å². The van der Waals surface area contributed by atoms with E-state index in [9.17, 15) is 4.21 Å². The average molecular weight is 728 g/mol. The summed E-state index contributed by atoms with van der Waals surface area (Å²) in [6.45, 7) is 20.8. The molecular weight excluding hydrogens is 658 g/mol. The second kappa shape index (κ2) is 13.3. The zero-order chi connectivity index (χ0) is 36.2. The molecule has 8 aliphatic rings. The number of hydrogen-bond acceptors (Lipinski definition) is 1. The first-order valence-corrected chi connectivity index (χ1v) is 23.7. The van der Waals surface area contributed by atoms with Gasteiger partial charge in [-0.2, -0.15) is 0 Å². The van der Waals surface area contributed by atoms with E-state index in [1.807, 2.05) is 0 Å². The first-order valence-electron chi connectivity index (χ1n) is 21.3. The Hall–Kier alpha value is -1.02. The van der Waals surface area contributed by atoms with Crippen LogP contribution in [-0.4, -0.2) is 30.6 Å². The molecule has 0 aliphatic heterocycles. The van der Waals surface area contributed by atoms with Crippen LogP contribution in [0.25, 0.3) is 0 Å². The minimum Gasteiger partial charge on any atom is -0.242 e. The van der Waals surface area contributed by atoms with Crippen LogP contribution in [0, 0.1) is 35.5 Å². The van der Waals surface area contributed by atoms with Gasteiger partial charge in [-0.05, 0) is 195 Å². The molecule has 0 spiro atoms. The molecule has 2 atom stereocenters. The van der Waals surface area contributed by atoms with Crippen molar-refractivity contribution in [3.63, 3.8) is 0 Å². The van der Waals surface area contributed by atoms with Crippen molar-refractivity contribution in [2.24, 2.45) is 35.5 Å². The molecule has 2 aromatic rings. The van der Waals surface area contributed by atoms with Crippen molar-refractivity contribution in [1.82, 2.24) is 4.31 Å². The molecule has 0 amide bonds. The molecule has 0 saturated heterocycles. The van der Waals surface area contributed by atoms with Crippen LogP contribution in [-0.2, 0) is 11.0 Å². The van der Waals surface area contributed by atoms with E-state index in [2.05, 4.69) is 110 Å². The normalized spacial score (nSPS) is 35.8. The largest absolute Gasteiger partial charge is 0.242 e. The molecule has 0 heterocycles. The second-order valence-electron chi connectivity index (χ2n) is 21.1. The fraction of sp³-hybridized carbons (Fsp3) is 0.745. The molecule has 8 bridgehead atoms. The van der Waals surface area contributed by atoms with Crippen molar-refractivity contribution < 1.29 is 4.21 Å². The highest BCUT2D eigenvalue weighted by Gasteiger charge is 2.63. The van der Waals surface area contributed by atoms with Crippen LogP contribution >= 0.6 is 7.92 Å². The van der Waals surface area contributed by atoms with Gasteiger partial charge >= 0.3 is 0 Å². The third-order valence-electron chi connectivity index (χ3n) is 15.0. The molecule has 0 unspecified atom stereocenters. The third kappa shape index (κ3) is 6.40. The summed E-state index contributed by atoms with van der Waals surface area (Å²) in [5.41, 5.74) is 7.36. The highest BCUT2D eigenvalue weighted by atomic mass is 32.2. The van der Waals surface area contributed by atoms with Crippen LogP contribution in [0.2, 0.25) is 0 Å². The zero-order valence-corrected chi connectivity index (χ0v) is 35.6. The molecule has 8 saturated carbocycles. The molecular formula is C47H70NOPS. The van der Waals surface area contributed by atoms with Crippen molar-refractivity contribution in [3.05, 3.63) is 64.2 Å². The van der Waals surface area contributed by atoms with Gasteiger partial charge in [0.25, 0.3) is 0 Å².